The van der Waals surface area contributed by atoms with Crippen molar-refractivity contribution in [3.05, 3.63) is 5.82 Å². The van der Waals surface area contributed by atoms with Gasteiger partial charge in [-0.3, -0.25) is 0 Å². The second-order valence-electron chi connectivity index (χ2n) is 4.16. The van der Waals surface area contributed by atoms with E-state index in [0.29, 0.717) is 19.8 Å². The van der Waals surface area contributed by atoms with Crippen molar-refractivity contribution in [1.82, 2.24) is 25.1 Å². The minimum atomic E-state index is -0.508. The summed E-state index contributed by atoms with van der Waals surface area (Å²) in [5.74, 6) is -0.389. The zero-order valence-corrected chi connectivity index (χ0v) is 10.6. The maximum atomic E-state index is 11.6. The van der Waals surface area contributed by atoms with Crippen LogP contribution in [0.5, 0.6) is 0 Å². The van der Waals surface area contributed by atoms with Gasteiger partial charge in [-0.15, -0.1) is 5.10 Å². The molecule has 1 aromatic rings. The number of hydrogen-bond acceptors (Lipinski definition) is 7. The minimum Gasteiger partial charge on any atom is -0.460 e. The molecule has 0 radical (unpaired) electrons. The van der Waals surface area contributed by atoms with Crippen LogP contribution in [-0.4, -0.2) is 70.5 Å². The van der Waals surface area contributed by atoms with Gasteiger partial charge in [0, 0.05) is 13.1 Å². The number of hydrogen-bond donors (Lipinski definition) is 0. The van der Waals surface area contributed by atoms with Crippen LogP contribution in [0.3, 0.4) is 0 Å². The van der Waals surface area contributed by atoms with Crippen molar-refractivity contribution in [3.8, 4) is 0 Å². The van der Waals surface area contributed by atoms with Crippen LogP contribution < -0.4 is 0 Å². The molecule has 1 atom stereocenters. The van der Waals surface area contributed by atoms with Gasteiger partial charge in [0.15, 0.2) is 0 Å². The Bertz CT molecular complexity index is 408. The molecule has 1 fully saturated rings. The molecule has 1 aliphatic heterocycles. The molecule has 0 aliphatic carbocycles. The van der Waals surface area contributed by atoms with E-state index in [1.54, 1.807) is 6.92 Å². The third-order valence-electron chi connectivity index (χ3n) is 2.71. The van der Waals surface area contributed by atoms with Crippen LogP contribution in [-0.2, 0) is 16.0 Å². The van der Waals surface area contributed by atoms with Crippen molar-refractivity contribution < 1.29 is 14.3 Å². The van der Waals surface area contributed by atoms with E-state index in [-0.39, 0.29) is 11.9 Å². The Morgan fingerprint density at radius 2 is 2.44 bits per heavy atom. The number of ether oxygens (including phenoxy) is 2. The summed E-state index contributed by atoms with van der Waals surface area (Å²) in [5, 5.41) is 11.0. The molecule has 8 nitrogen and oxygen atoms in total. The average Bonchev–Trinajstić information content (AvgIpc) is 2.77. The Morgan fingerprint density at radius 1 is 1.61 bits per heavy atom. The van der Waals surface area contributed by atoms with Crippen molar-refractivity contribution >= 4 is 5.97 Å². The van der Waals surface area contributed by atoms with Crippen LogP contribution in [0.25, 0.3) is 0 Å². The summed E-state index contributed by atoms with van der Waals surface area (Å²) >= 11 is 0. The number of morpholine rings is 1. The molecule has 8 heteroatoms. The highest BCUT2D eigenvalue weighted by atomic mass is 16.5. The predicted molar refractivity (Wildman–Crippen MR) is 61.0 cm³/mol. The van der Waals surface area contributed by atoms with Crippen LogP contribution in [0.15, 0.2) is 0 Å². The van der Waals surface area contributed by atoms with E-state index in [1.165, 1.54) is 4.68 Å². The quantitative estimate of drug-likeness (QED) is 0.650. The number of nitrogens with zero attached hydrogens (tertiary/aromatic N) is 5. The fourth-order valence-corrected chi connectivity index (χ4v) is 1.84. The van der Waals surface area contributed by atoms with Gasteiger partial charge >= 0.3 is 5.97 Å². The van der Waals surface area contributed by atoms with Gasteiger partial charge in [0.1, 0.15) is 0 Å². The van der Waals surface area contributed by atoms with Gasteiger partial charge in [0.2, 0.25) is 0 Å². The van der Waals surface area contributed by atoms with Gasteiger partial charge in [-0.2, -0.15) is 0 Å². The molecular weight excluding hydrogens is 238 g/mol. The third kappa shape index (κ3) is 3.02. The van der Waals surface area contributed by atoms with Gasteiger partial charge < -0.3 is 14.4 Å². The fourth-order valence-electron chi connectivity index (χ4n) is 1.84. The summed E-state index contributed by atoms with van der Waals surface area (Å²) < 4.78 is 11.9. The number of aromatic nitrogens is 4. The van der Waals surface area contributed by atoms with Crippen molar-refractivity contribution in [1.29, 1.82) is 0 Å². The largest absolute Gasteiger partial charge is 0.460 e. The molecule has 1 unspecified atom stereocenters. The van der Waals surface area contributed by atoms with Gasteiger partial charge in [-0.05, 0) is 24.4 Å². The van der Waals surface area contributed by atoms with Crippen molar-refractivity contribution in [2.75, 3.05) is 33.4 Å². The zero-order valence-electron chi connectivity index (χ0n) is 10.6. The number of tetrazole rings is 1. The molecule has 18 heavy (non-hydrogen) atoms. The topological polar surface area (TPSA) is 82.4 Å². The molecule has 2 rings (SSSR count). The normalized spacial score (nSPS) is 20.9. The average molecular weight is 255 g/mol. The standard InChI is InChI=1S/C10H17N5O3/c1-3-17-10(16)9-11-12-13-15(9)7-8-6-14(2)4-5-18-8/h8H,3-7H2,1-2H3. The summed E-state index contributed by atoms with van der Waals surface area (Å²) in [6.45, 7) is 4.88. The molecule has 1 aliphatic rings. The SMILES string of the molecule is CCOC(=O)c1nnnn1CC1CN(C)CCO1. The van der Waals surface area contributed by atoms with Crippen LogP contribution in [0.4, 0.5) is 0 Å². The number of rotatable bonds is 4. The monoisotopic (exact) mass is 255 g/mol. The van der Waals surface area contributed by atoms with Gasteiger partial charge in [-0.25, -0.2) is 9.48 Å². The maximum Gasteiger partial charge on any atom is 0.378 e. The molecule has 0 saturated carbocycles. The number of esters is 1. The highest BCUT2D eigenvalue weighted by molar-refractivity contribution is 5.85. The van der Waals surface area contributed by atoms with Crippen LogP contribution >= 0.6 is 0 Å². The lowest BCUT2D eigenvalue weighted by Gasteiger charge is -2.29. The number of carbonyl (C=O) groups is 1. The highest BCUT2D eigenvalue weighted by Gasteiger charge is 2.23. The molecule has 0 spiro atoms. The van der Waals surface area contributed by atoms with Crippen LogP contribution in [0.2, 0.25) is 0 Å². The van der Waals surface area contributed by atoms with Crippen molar-refractivity contribution in [2.24, 2.45) is 0 Å². The Kier molecular flexibility index (Phi) is 4.21. The summed E-state index contributed by atoms with van der Waals surface area (Å²) in [7, 11) is 2.03. The Hall–Kier alpha value is -1.54. The van der Waals surface area contributed by atoms with E-state index in [9.17, 15) is 4.79 Å². The highest BCUT2D eigenvalue weighted by Crippen LogP contribution is 2.06. The third-order valence-corrected chi connectivity index (χ3v) is 2.71. The van der Waals surface area contributed by atoms with Crippen molar-refractivity contribution in [3.63, 3.8) is 0 Å². The van der Waals surface area contributed by atoms with E-state index in [0.717, 1.165) is 13.1 Å². The summed E-state index contributed by atoms with van der Waals surface area (Å²) in [5.41, 5.74) is 0. The lowest BCUT2D eigenvalue weighted by atomic mass is 10.3. The fraction of sp³-hybridized carbons (Fsp3) is 0.800. The van der Waals surface area contributed by atoms with Gasteiger partial charge in [-0.1, -0.05) is 0 Å². The van der Waals surface area contributed by atoms with E-state index in [2.05, 4.69) is 20.4 Å². The summed E-state index contributed by atoms with van der Waals surface area (Å²) in [6.07, 6.45) is -0.0135. The number of carbonyl (C=O) groups excluding carboxylic acids is 1. The molecular formula is C10H17N5O3. The minimum absolute atomic E-state index is 0.0135. The van der Waals surface area contributed by atoms with E-state index in [1.807, 2.05) is 7.05 Å². The van der Waals surface area contributed by atoms with E-state index < -0.39 is 5.97 Å². The smallest absolute Gasteiger partial charge is 0.378 e. The Labute approximate surface area is 105 Å². The Morgan fingerprint density at radius 3 is 3.17 bits per heavy atom. The van der Waals surface area contributed by atoms with E-state index in [4.69, 9.17) is 9.47 Å². The first-order valence-corrected chi connectivity index (χ1v) is 5.94. The lowest BCUT2D eigenvalue weighted by Crippen LogP contribution is -2.42. The maximum absolute atomic E-state index is 11.6. The molecule has 0 bridgehead atoms. The van der Waals surface area contributed by atoms with Gasteiger partial charge in [0.25, 0.3) is 5.82 Å². The second-order valence-corrected chi connectivity index (χ2v) is 4.16. The second kappa shape index (κ2) is 5.87. The summed E-state index contributed by atoms with van der Waals surface area (Å²) in [4.78, 5) is 13.8. The zero-order chi connectivity index (χ0) is 13.0. The first-order chi connectivity index (χ1) is 8.70. The molecule has 100 valence electrons. The van der Waals surface area contributed by atoms with E-state index >= 15 is 0 Å². The molecule has 0 aromatic carbocycles. The summed E-state index contributed by atoms with van der Waals surface area (Å²) in [6, 6.07) is 0. The molecule has 0 N–H and O–H groups in total. The van der Waals surface area contributed by atoms with Crippen molar-refractivity contribution in [2.45, 2.75) is 19.6 Å². The van der Waals surface area contributed by atoms with Gasteiger partial charge in [0.05, 0.1) is 25.9 Å². The molecule has 1 aromatic heterocycles. The molecule has 1 saturated heterocycles. The predicted octanol–water partition coefficient (Wildman–Crippen LogP) is -0.820. The number of likely N-dealkylation sites (N-methyl/N-ethyl adjacent to an activating group) is 1. The first kappa shape index (κ1) is 12.9. The van der Waals surface area contributed by atoms with Crippen LogP contribution in [0, 0.1) is 0 Å². The first-order valence-electron chi connectivity index (χ1n) is 5.94. The molecule has 0 amide bonds. The molecule has 2 heterocycles. The Balaban J connectivity index is 2.00. The van der Waals surface area contributed by atoms with Crippen LogP contribution in [0.1, 0.15) is 17.5 Å². The lowest BCUT2D eigenvalue weighted by molar-refractivity contribution is -0.0297.